The van der Waals surface area contributed by atoms with Crippen LogP contribution < -0.4 is 5.32 Å². The summed E-state index contributed by atoms with van der Waals surface area (Å²) in [5.41, 5.74) is 1.18. The summed E-state index contributed by atoms with van der Waals surface area (Å²) in [6, 6.07) is 6.24. The monoisotopic (exact) mass is 392 g/mol. The van der Waals surface area contributed by atoms with Gasteiger partial charge in [0.15, 0.2) is 5.78 Å². The second kappa shape index (κ2) is 8.95. The quantitative estimate of drug-likeness (QED) is 0.672. The molecule has 0 aliphatic carbocycles. The van der Waals surface area contributed by atoms with Crippen LogP contribution in [0, 0.1) is 0 Å². The zero-order valence-corrected chi connectivity index (χ0v) is 16.2. The Morgan fingerprint density at radius 2 is 2.00 bits per heavy atom. The number of aliphatic carboxylic acids is 1. The molecule has 0 spiro atoms. The van der Waals surface area contributed by atoms with Crippen LogP contribution in [0.4, 0.5) is 4.39 Å². The first kappa shape index (κ1) is 21.5. The van der Waals surface area contributed by atoms with Gasteiger partial charge < -0.3 is 15.3 Å². The summed E-state index contributed by atoms with van der Waals surface area (Å²) in [5, 5.41) is 15.4. The second-order valence-electron chi connectivity index (χ2n) is 7.12. The molecule has 1 aromatic carbocycles. The maximum atomic E-state index is 12.8. The smallest absolute Gasteiger partial charge is 0.305 e. The molecule has 2 N–H and O–H groups in total. The summed E-state index contributed by atoms with van der Waals surface area (Å²) < 4.78 is 12.7. The molecule has 1 heterocycles. The summed E-state index contributed by atoms with van der Waals surface area (Å²) >= 11 is 0. The third-order valence-electron chi connectivity index (χ3n) is 4.87. The molecule has 28 heavy (non-hydrogen) atoms. The molecule has 2 unspecified atom stereocenters. The standard InChI is InChI=1S/C20H25FN2O5/c1-4-20(19(27)22-15(9-18(25)26)17(24)11-21)10-16(23-28-20)14-8-6-5-7-13(14)12(2)3/h5-8,12,15H,4,9-11H2,1-3H3,(H,22,27)(H,25,26). The van der Waals surface area contributed by atoms with Crippen LogP contribution in [-0.4, -0.2) is 46.8 Å². The van der Waals surface area contributed by atoms with Crippen molar-refractivity contribution in [3.63, 3.8) is 0 Å². The van der Waals surface area contributed by atoms with Crippen molar-refractivity contribution < 1.29 is 28.7 Å². The lowest BCUT2D eigenvalue weighted by molar-refractivity contribution is -0.148. The van der Waals surface area contributed by atoms with Gasteiger partial charge in [-0.2, -0.15) is 0 Å². The molecule has 0 radical (unpaired) electrons. The van der Waals surface area contributed by atoms with Crippen LogP contribution >= 0.6 is 0 Å². The number of benzene rings is 1. The van der Waals surface area contributed by atoms with Gasteiger partial charge in [-0.05, 0) is 17.9 Å². The highest BCUT2D eigenvalue weighted by atomic mass is 19.1. The Morgan fingerprint density at radius 1 is 1.32 bits per heavy atom. The lowest BCUT2D eigenvalue weighted by atomic mass is 9.87. The van der Waals surface area contributed by atoms with Crippen LogP contribution in [-0.2, 0) is 19.2 Å². The summed E-state index contributed by atoms with van der Waals surface area (Å²) in [6.07, 6.45) is -0.278. The number of carboxylic acid groups (broad SMARTS) is 1. The molecule has 0 fully saturated rings. The molecule has 0 saturated heterocycles. The van der Waals surface area contributed by atoms with Gasteiger partial charge >= 0.3 is 5.97 Å². The second-order valence-corrected chi connectivity index (χ2v) is 7.12. The lowest BCUT2D eigenvalue weighted by Gasteiger charge is -2.26. The average molecular weight is 392 g/mol. The maximum Gasteiger partial charge on any atom is 0.305 e. The molecule has 8 heteroatoms. The highest BCUT2D eigenvalue weighted by Gasteiger charge is 2.46. The van der Waals surface area contributed by atoms with E-state index in [2.05, 4.69) is 10.5 Å². The van der Waals surface area contributed by atoms with Crippen molar-refractivity contribution in [1.29, 1.82) is 0 Å². The van der Waals surface area contributed by atoms with Gasteiger partial charge in [0, 0.05) is 12.0 Å². The molecule has 7 nitrogen and oxygen atoms in total. The van der Waals surface area contributed by atoms with Gasteiger partial charge in [0.05, 0.1) is 12.1 Å². The van der Waals surface area contributed by atoms with Crippen LogP contribution in [0.15, 0.2) is 29.4 Å². The number of ketones is 1. The molecule has 152 valence electrons. The molecule has 1 aromatic rings. The molecule has 2 rings (SSSR count). The van der Waals surface area contributed by atoms with Gasteiger partial charge in [0.25, 0.3) is 5.91 Å². The van der Waals surface area contributed by atoms with Crippen LogP contribution in [0.1, 0.15) is 57.1 Å². The summed E-state index contributed by atoms with van der Waals surface area (Å²) in [7, 11) is 0. The molecule has 0 aromatic heterocycles. The maximum absolute atomic E-state index is 12.8. The first-order chi connectivity index (χ1) is 13.2. The molecular formula is C20H25FN2O5. The molecule has 1 amide bonds. The number of halogens is 1. The fourth-order valence-corrected chi connectivity index (χ4v) is 3.16. The number of nitrogens with zero attached hydrogens (tertiary/aromatic N) is 1. The van der Waals surface area contributed by atoms with Crippen LogP contribution in [0.5, 0.6) is 0 Å². The van der Waals surface area contributed by atoms with Crippen molar-refractivity contribution >= 4 is 23.4 Å². The fourth-order valence-electron chi connectivity index (χ4n) is 3.16. The number of nitrogens with one attached hydrogen (secondary N) is 1. The number of hydrogen-bond donors (Lipinski definition) is 2. The summed E-state index contributed by atoms with van der Waals surface area (Å²) in [5.74, 6) is -2.74. The van der Waals surface area contributed by atoms with Crippen LogP contribution in [0.3, 0.4) is 0 Å². The minimum Gasteiger partial charge on any atom is -0.481 e. The fraction of sp³-hybridized carbons (Fsp3) is 0.500. The lowest BCUT2D eigenvalue weighted by Crippen LogP contribution is -2.53. The van der Waals surface area contributed by atoms with Crippen molar-refractivity contribution in [3.05, 3.63) is 35.4 Å². The Balaban J connectivity index is 2.22. The van der Waals surface area contributed by atoms with Gasteiger partial charge in [0.2, 0.25) is 5.60 Å². The van der Waals surface area contributed by atoms with Crippen molar-refractivity contribution in [2.75, 3.05) is 6.67 Å². The van der Waals surface area contributed by atoms with Gasteiger partial charge in [-0.15, -0.1) is 0 Å². The van der Waals surface area contributed by atoms with E-state index in [1.54, 1.807) is 6.92 Å². The number of oxime groups is 1. The average Bonchev–Trinajstić information content (AvgIpc) is 3.12. The van der Waals surface area contributed by atoms with Gasteiger partial charge in [-0.25, -0.2) is 4.39 Å². The number of carbonyl (C=O) groups is 3. The van der Waals surface area contributed by atoms with E-state index in [4.69, 9.17) is 9.94 Å². The van der Waals surface area contributed by atoms with E-state index in [0.717, 1.165) is 11.1 Å². The largest absolute Gasteiger partial charge is 0.481 e. The normalized spacial score (nSPS) is 19.7. The highest BCUT2D eigenvalue weighted by Crippen LogP contribution is 2.33. The van der Waals surface area contributed by atoms with Crippen molar-refractivity contribution in [3.8, 4) is 0 Å². The molecule has 0 saturated carbocycles. The zero-order valence-electron chi connectivity index (χ0n) is 16.2. The summed E-state index contributed by atoms with van der Waals surface area (Å²) in [6.45, 7) is 4.47. The number of carboxylic acids is 1. The molecule has 1 aliphatic rings. The highest BCUT2D eigenvalue weighted by molar-refractivity contribution is 6.07. The topological polar surface area (TPSA) is 105 Å². The first-order valence-electron chi connectivity index (χ1n) is 9.19. The van der Waals surface area contributed by atoms with Crippen LogP contribution in [0.25, 0.3) is 0 Å². The molecule has 2 atom stereocenters. The molecule has 1 aliphatic heterocycles. The number of amides is 1. The molecule has 0 bridgehead atoms. The Morgan fingerprint density at radius 3 is 2.57 bits per heavy atom. The van der Waals surface area contributed by atoms with Crippen LogP contribution in [0.2, 0.25) is 0 Å². The number of hydrogen-bond acceptors (Lipinski definition) is 5. The predicted octanol–water partition coefficient (Wildman–Crippen LogP) is 2.58. The minimum absolute atomic E-state index is 0.169. The number of alkyl halides is 1. The Kier molecular flexibility index (Phi) is 6.88. The zero-order chi connectivity index (χ0) is 20.9. The Labute approximate surface area is 162 Å². The van der Waals surface area contributed by atoms with E-state index in [9.17, 15) is 18.8 Å². The van der Waals surface area contributed by atoms with E-state index in [1.807, 2.05) is 38.1 Å². The van der Waals surface area contributed by atoms with Gasteiger partial charge in [-0.1, -0.05) is 50.2 Å². The van der Waals surface area contributed by atoms with E-state index >= 15 is 0 Å². The minimum atomic E-state index is -1.45. The molecular weight excluding hydrogens is 367 g/mol. The van der Waals surface area contributed by atoms with Crippen molar-refractivity contribution in [2.24, 2.45) is 5.16 Å². The SMILES string of the molecule is CCC1(C(=O)NC(CC(=O)O)C(=O)CF)CC(c2ccccc2C(C)C)=NO1. The number of Topliss-reactive ketones (excluding diaryl/α,β-unsaturated/α-hetero) is 1. The Bertz CT molecular complexity index is 793. The van der Waals surface area contributed by atoms with Crippen molar-refractivity contribution in [2.45, 2.75) is 57.6 Å². The third-order valence-corrected chi connectivity index (χ3v) is 4.87. The van der Waals surface area contributed by atoms with E-state index in [1.165, 1.54) is 0 Å². The Hall–Kier alpha value is -2.77. The summed E-state index contributed by atoms with van der Waals surface area (Å²) in [4.78, 5) is 40.9. The van der Waals surface area contributed by atoms with Crippen molar-refractivity contribution in [1.82, 2.24) is 5.32 Å². The van der Waals surface area contributed by atoms with E-state index in [0.29, 0.717) is 5.71 Å². The number of carbonyl (C=O) groups excluding carboxylic acids is 2. The van der Waals surface area contributed by atoms with Gasteiger partial charge in [0.1, 0.15) is 12.7 Å². The van der Waals surface area contributed by atoms with E-state index < -0.39 is 42.4 Å². The first-order valence-corrected chi connectivity index (χ1v) is 9.19. The van der Waals surface area contributed by atoms with E-state index in [-0.39, 0.29) is 18.8 Å². The number of rotatable bonds is 9. The third kappa shape index (κ3) is 4.55. The van der Waals surface area contributed by atoms with Gasteiger partial charge in [-0.3, -0.25) is 14.4 Å². The predicted molar refractivity (Wildman–Crippen MR) is 101 cm³/mol.